The van der Waals surface area contributed by atoms with Gasteiger partial charge < -0.3 is 4.52 Å². The van der Waals surface area contributed by atoms with E-state index in [9.17, 15) is 14.9 Å². The summed E-state index contributed by atoms with van der Waals surface area (Å²) in [5.41, 5.74) is -0.347. The smallest absolute Gasteiger partial charge is 0.282 e. The molecule has 0 aliphatic rings. The molecule has 0 unspecified atom stereocenters. The number of rotatable bonds is 3. The van der Waals surface area contributed by atoms with Crippen LogP contribution in [0.25, 0.3) is 0 Å². The van der Waals surface area contributed by atoms with E-state index in [0.717, 1.165) is 0 Å². The van der Waals surface area contributed by atoms with E-state index < -0.39 is 10.8 Å². The molecule has 0 atom stereocenters. The molecule has 1 aromatic carbocycles. The van der Waals surface area contributed by atoms with E-state index in [4.69, 9.17) is 0 Å². The summed E-state index contributed by atoms with van der Waals surface area (Å²) in [4.78, 5) is 25.7. The summed E-state index contributed by atoms with van der Waals surface area (Å²) in [6, 6.07) is 5.60. The number of carbonyl (C=O) groups excluding carboxylic acids is 1. The Morgan fingerprint density at radius 1 is 1.44 bits per heavy atom. The third-order valence-electron chi connectivity index (χ3n) is 2.10. The van der Waals surface area contributed by atoms with Gasteiger partial charge in [-0.3, -0.25) is 20.2 Å². The van der Waals surface area contributed by atoms with Crippen LogP contribution in [-0.4, -0.2) is 21.0 Å². The summed E-state index contributed by atoms with van der Waals surface area (Å²) in [6.45, 7) is 1.56. The van der Waals surface area contributed by atoms with Gasteiger partial charge in [-0.2, -0.15) is 4.98 Å². The molecule has 0 saturated heterocycles. The van der Waals surface area contributed by atoms with Gasteiger partial charge in [0.1, 0.15) is 5.56 Å². The van der Waals surface area contributed by atoms with Gasteiger partial charge in [0, 0.05) is 13.0 Å². The van der Waals surface area contributed by atoms with Crippen LogP contribution in [0, 0.1) is 17.0 Å². The monoisotopic (exact) mass is 248 g/mol. The molecule has 0 bridgehead atoms. The van der Waals surface area contributed by atoms with Gasteiger partial charge in [0.15, 0.2) is 0 Å². The highest BCUT2D eigenvalue weighted by atomic mass is 16.6. The summed E-state index contributed by atoms with van der Waals surface area (Å²) in [5, 5.41) is 16.5. The van der Waals surface area contributed by atoms with Crippen LogP contribution in [-0.2, 0) is 0 Å². The van der Waals surface area contributed by atoms with Gasteiger partial charge >= 0.3 is 0 Å². The van der Waals surface area contributed by atoms with Gasteiger partial charge in [-0.1, -0.05) is 12.1 Å². The van der Waals surface area contributed by atoms with Gasteiger partial charge in [0.05, 0.1) is 4.92 Å². The minimum atomic E-state index is -0.664. The third-order valence-corrected chi connectivity index (χ3v) is 2.10. The average molecular weight is 248 g/mol. The molecule has 1 amide bonds. The second kappa shape index (κ2) is 4.62. The Bertz CT molecular complexity index is 607. The summed E-state index contributed by atoms with van der Waals surface area (Å²) in [7, 11) is 0. The molecule has 0 saturated carbocycles. The Labute approximate surface area is 101 Å². The maximum absolute atomic E-state index is 11.8. The van der Waals surface area contributed by atoms with E-state index in [1.54, 1.807) is 6.92 Å². The SMILES string of the molecule is Cc1nc(NC(=O)c2ccccc2[N+](=O)[O-])no1. The highest BCUT2D eigenvalue weighted by Gasteiger charge is 2.20. The lowest BCUT2D eigenvalue weighted by Crippen LogP contribution is -2.14. The fraction of sp³-hybridized carbons (Fsp3) is 0.100. The standard InChI is InChI=1S/C10H8N4O4/c1-6-11-10(13-18-6)12-9(15)7-4-2-3-5-8(7)14(16)17/h2-5H,1H3,(H,12,13,15). The average Bonchev–Trinajstić information content (AvgIpc) is 2.74. The maximum atomic E-state index is 11.8. The fourth-order valence-electron chi connectivity index (χ4n) is 1.34. The predicted octanol–water partition coefficient (Wildman–Crippen LogP) is 1.54. The summed E-state index contributed by atoms with van der Waals surface area (Å²) < 4.78 is 4.67. The zero-order chi connectivity index (χ0) is 13.1. The maximum Gasteiger partial charge on any atom is 0.282 e. The van der Waals surface area contributed by atoms with E-state index >= 15 is 0 Å². The highest BCUT2D eigenvalue weighted by molar-refractivity contribution is 6.06. The number of aromatic nitrogens is 2. The molecule has 18 heavy (non-hydrogen) atoms. The molecule has 1 heterocycles. The van der Waals surface area contributed by atoms with E-state index in [1.165, 1.54) is 24.3 Å². The Morgan fingerprint density at radius 3 is 2.78 bits per heavy atom. The van der Waals surface area contributed by atoms with E-state index in [2.05, 4.69) is 20.0 Å². The number of amides is 1. The zero-order valence-corrected chi connectivity index (χ0v) is 9.28. The molecule has 2 rings (SSSR count). The molecule has 0 spiro atoms. The van der Waals surface area contributed by atoms with Crippen LogP contribution in [0.1, 0.15) is 16.2 Å². The first-order valence-electron chi connectivity index (χ1n) is 4.93. The molecule has 1 N–H and O–H groups in total. The second-order valence-corrected chi connectivity index (χ2v) is 3.37. The quantitative estimate of drug-likeness (QED) is 0.651. The van der Waals surface area contributed by atoms with Crippen molar-refractivity contribution in [3.05, 3.63) is 45.8 Å². The third kappa shape index (κ3) is 2.32. The molecule has 0 radical (unpaired) electrons. The summed E-state index contributed by atoms with van der Waals surface area (Å²) >= 11 is 0. The Kier molecular flexibility index (Phi) is 3.00. The minimum absolute atomic E-state index is 0.0318. The van der Waals surface area contributed by atoms with Crippen molar-refractivity contribution in [1.29, 1.82) is 0 Å². The fourth-order valence-corrected chi connectivity index (χ4v) is 1.34. The molecule has 8 heteroatoms. The van der Waals surface area contributed by atoms with Crippen molar-refractivity contribution in [2.24, 2.45) is 0 Å². The van der Waals surface area contributed by atoms with Crippen LogP contribution < -0.4 is 5.32 Å². The van der Waals surface area contributed by atoms with Gasteiger partial charge in [-0.25, -0.2) is 0 Å². The van der Waals surface area contributed by atoms with Crippen molar-refractivity contribution in [2.45, 2.75) is 6.92 Å². The van der Waals surface area contributed by atoms with Crippen LogP contribution >= 0.6 is 0 Å². The Morgan fingerprint density at radius 2 is 2.17 bits per heavy atom. The van der Waals surface area contributed by atoms with Crippen molar-refractivity contribution >= 4 is 17.5 Å². The predicted molar refractivity (Wildman–Crippen MR) is 60.1 cm³/mol. The van der Waals surface area contributed by atoms with Crippen molar-refractivity contribution in [3.8, 4) is 0 Å². The number of nitrogens with one attached hydrogen (secondary N) is 1. The van der Waals surface area contributed by atoms with Gasteiger partial charge in [0.2, 0.25) is 5.89 Å². The van der Waals surface area contributed by atoms with Crippen LogP contribution in [0.5, 0.6) is 0 Å². The summed E-state index contributed by atoms with van der Waals surface area (Å²) in [6.07, 6.45) is 0. The lowest BCUT2D eigenvalue weighted by Gasteiger charge is -2.01. The van der Waals surface area contributed by atoms with Crippen molar-refractivity contribution in [3.63, 3.8) is 0 Å². The molecule has 2 aromatic rings. The van der Waals surface area contributed by atoms with Gasteiger partial charge in [-0.05, 0) is 11.2 Å². The number of benzene rings is 1. The van der Waals surface area contributed by atoms with Crippen molar-refractivity contribution in [2.75, 3.05) is 5.32 Å². The number of nitro groups is 1. The molecule has 0 fully saturated rings. The number of hydrogen-bond acceptors (Lipinski definition) is 6. The van der Waals surface area contributed by atoms with Crippen molar-refractivity contribution < 1.29 is 14.2 Å². The molecule has 92 valence electrons. The number of carbonyl (C=O) groups is 1. The minimum Gasteiger partial charge on any atom is -0.338 e. The zero-order valence-electron chi connectivity index (χ0n) is 9.28. The summed E-state index contributed by atoms with van der Waals surface area (Å²) in [5.74, 6) is -0.411. The largest absolute Gasteiger partial charge is 0.338 e. The lowest BCUT2D eigenvalue weighted by atomic mass is 10.1. The first kappa shape index (κ1) is 11.7. The number of hydrogen-bond donors (Lipinski definition) is 1. The molecule has 0 aliphatic carbocycles. The number of nitro benzene ring substituents is 1. The Balaban J connectivity index is 2.26. The highest BCUT2D eigenvalue weighted by Crippen LogP contribution is 2.18. The topological polar surface area (TPSA) is 111 Å². The molecule has 0 aliphatic heterocycles. The number of nitrogens with zero attached hydrogens (tertiary/aromatic N) is 3. The number of aryl methyl sites for hydroxylation is 1. The van der Waals surface area contributed by atoms with Gasteiger partial charge in [0.25, 0.3) is 17.5 Å². The van der Waals surface area contributed by atoms with E-state index in [1.807, 2.05) is 0 Å². The molecule has 8 nitrogen and oxygen atoms in total. The van der Waals surface area contributed by atoms with E-state index in [0.29, 0.717) is 0 Å². The second-order valence-electron chi connectivity index (χ2n) is 3.37. The van der Waals surface area contributed by atoms with Crippen LogP contribution in [0.2, 0.25) is 0 Å². The van der Waals surface area contributed by atoms with Crippen LogP contribution in [0.4, 0.5) is 11.6 Å². The number of para-hydroxylation sites is 1. The first-order chi connectivity index (χ1) is 8.58. The van der Waals surface area contributed by atoms with Crippen LogP contribution in [0.15, 0.2) is 28.8 Å². The van der Waals surface area contributed by atoms with Gasteiger partial charge in [-0.15, -0.1) is 0 Å². The molecule has 1 aromatic heterocycles. The molecular weight excluding hydrogens is 240 g/mol. The van der Waals surface area contributed by atoms with Crippen molar-refractivity contribution in [1.82, 2.24) is 10.1 Å². The molecular formula is C10H8N4O4. The Hall–Kier alpha value is -2.77. The first-order valence-corrected chi connectivity index (χ1v) is 4.93. The normalized spacial score (nSPS) is 10.1. The number of anilines is 1. The lowest BCUT2D eigenvalue weighted by molar-refractivity contribution is -0.385. The van der Waals surface area contributed by atoms with Crippen LogP contribution in [0.3, 0.4) is 0 Å². The van der Waals surface area contributed by atoms with E-state index in [-0.39, 0.29) is 23.1 Å².